The fraction of sp³-hybridized carbons (Fsp3) is 0.316. The fourth-order valence-corrected chi connectivity index (χ4v) is 3.54. The summed E-state index contributed by atoms with van der Waals surface area (Å²) in [5.74, 6) is 1.70. The maximum absolute atomic E-state index is 6.04. The summed E-state index contributed by atoms with van der Waals surface area (Å²) in [6.07, 6.45) is 2.53. The molecule has 1 fully saturated rings. The number of aromatic nitrogens is 2. The molecule has 4 rings (SSSR count). The number of para-hydroxylation sites is 2. The molecule has 0 radical (unpaired) electrons. The van der Waals surface area contributed by atoms with Crippen LogP contribution < -0.4 is 5.32 Å². The molecule has 1 N–H and O–H groups in total. The van der Waals surface area contributed by atoms with E-state index >= 15 is 0 Å². The topological polar surface area (TPSA) is 29.9 Å². The van der Waals surface area contributed by atoms with Gasteiger partial charge in [-0.05, 0) is 68.2 Å². The zero-order valence-electron chi connectivity index (χ0n) is 13.0. The monoisotopic (exact) mass is 325 g/mol. The maximum atomic E-state index is 6.04. The number of benzene rings is 2. The second-order valence-corrected chi connectivity index (χ2v) is 6.69. The average molecular weight is 326 g/mol. The third kappa shape index (κ3) is 2.99. The Kier molecular flexibility index (Phi) is 4.06. The van der Waals surface area contributed by atoms with Gasteiger partial charge < -0.3 is 9.88 Å². The number of piperidine rings is 1. The Bertz CT molecular complexity index is 801. The zero-order chi connectivity index (χ0) is 15.6. The van der Waals surface area contributed by atoms with Crippen molar-refractivity contribution >= 4 is 22.6 Å². The van der Waals surface area contributed by atoms with E-state index in [1.165, 1.54) is 18.4 Å². The van der Waals surface area contributed by atoms with Crippen LogP contribution in [-0.4, -0.2) is 22.6 Å². The smallest absolute Gasteiger partial charge is 0.141 e. The molecule has 0 spiro atoms. The predicted octanol–water partition coefficient (Wildman–Crippen LogP) is 4.36. The van der Waals surface area contributed by atoms with Gasteiger partial charge in [0.15, 0.2) is 0 Å². The number of rotatable bonds is 3. The molecule has 0 amide bonds. The molecule has 1 unspecified atom stereocenters. The van der Waals surface area contributed by atoms with Gasteiger partial charge >= 0.3 is 0 Å². The highest BCUT2D eigenvalue weighted by molar-refractivity contribution is 6.30. The average Bonchev–Trinajstić information content (AvgIpc) is 2.95. The van der Waals surface area contributed by atoms with E-state index in [1.807, 2.05) is 18.2 Å². The molecule has 0 bridgehead atoms. The molecule has 4 heteroatoms. The van der Waals surface area contributed by atoms with E-state index in [1.54, 1.807) is 0 Å². The second-order valence-electron chi connectivity index (χ2n) is 6.25. The Morgan fingerprint density at radius 2 is 1.96 bits per heavy atom. The van der Waals surface area contributed by atoms with Crippen molar-refractivity contribution in [1.29, 1.82) is 0 Å². The van der Waals surface area contributed by atoms with Crippen molar-refractivity contribution in [2.45, 2.75) is 19.4 Å². The number of fused-ring (bicyclic) bond motifs is 1. The first-order chi connectivity index (χ1) is 11.3. The second kappa shape index (κ2) is 6.34. The van der Waals surface area contributed by atoms with Crippen molar-refractivity contribution in [2.24, 2.45) is 5.92 Å². The van der Waals surface area contributed by atoms with Crippen LogP contribution in [0.4, 0.5) is 0 Å². The summed E-state index contributed by atoms with van der Waals surface area (Å²) in [6, 6.07) is 16.4. The molecule has 1 aliphatic heterocycles. The van der Waals surface area contributed by atoms with Crippen LogP contribution in [0.3, 0.4) is 0 Å². The Balaban J connectivity index is 1.79. The van der Waals surface area contributed by atoms with Gasteiger partial charge in [0.25, 0.3) is 0 Å². The molecule has 0 saturated carbocycles. The van der Waals surface area contributed by atoms with Gasteiger partial charge in [-0.25, -0.2) is 4.98 Å². The van der Waals surface area contributed by atoms with Crippen LogP contribution in [0.1, 0.15) is 12.8 Å². The summed E-state index contributed by atoms with van der Waals surface area (Å²) in [6.45, 7) is 3.24. The number of hydrogen-bond acceptors (Lipinski definition) is 2. The minimum absolute atomic E-state index is 0.660. The number of nitrogens with one attached hydrogen (secondary N) is 1. The minimum atomic E-state index is 0.660. The van der Waals surface area contributed by atoms with Crippen LogP contribution in [0.5, 0.6) is 0 Å². The fourth-order valence-electron chi connectivity index (χ4n) is 3.42. The molecular formula is C19H20ClN3. The third-order valence-corrected chi connectivity index (χ3v) is 4.85. The normalized spacial score (nSPS) is 18.4. The Labute approximate surface area is 141 Å². The highest BCUT2D eigenvalue weighted by Gasteiger charge is 2.18. The molecular weight excluding hydrogens is 306 g/mol. The number of imidazole rings is 1. The number of halogens is 1. The molecule has 1 aliphatic rings. The largest absolute Gasteiger partial charge is 0.324 e. The molecule has 3 nitrogen and oxygen atoms in total. The SMILES string of the molecule is Clc1ccc(-c2nc3ccccc3n2CC2CCCNC2)cc1. The van der Waals surface area contributed by atoms with Gasteiger partial charge in [0.1, 0.15) is 5.82 Å². The maximum Gasteiger partial charge on any atom is 0.141 e. The van der Waals surface area contributed by atoms with Crippen LogP contribution in [-0.2, 0) is 6.54 Å². The molecule has 2 heterocycles. The molecule has 0 aliphatic carbocycles. The quantitative estimate of drug-likeness (QED) is 0.775. The van der Waals surface area contributed by atoms with Crippen molar-refractivity contribution in [1.82, 2.24) is 14.9 Å². The summed E-state index contributed by atoms with van der Waals surface area (Å²) >= 11 is 6.04. The first-order valence-electron chi connectivity index (χ1n) is 8.23. The summed E-state index contributed by atoms with van der Waals surface area (Å²) in [4.78, 5) is 4.88. The van der Waals surface area contributed by atoms with Gasteiger partial charge in [-0.15, -0.1) is 0 Å². The lowest BCUT2D eigenvalue weighted by atomic mass is 9.99. The standard InChI is InChI=1S/C19H20ClN3/c20-16-9-7-15(8-10-16)19-22-17-5-1-2-6-18(17)23(19)13-14-4-3-11-21-12-14/h1-2,5-10,14,21H,3-4,11-13H2. The number of hydrogen-bond donors (Lipinski definition) is 1. The Hall–Kier alpha value is -1.84. The zero-order valence-corrected chi connectivity index (χ0v) is 13.8. The van der Waals surface area contributed by atoms with Crippen LogP contribution in [0, 0.1) is 5.92 Å². The van der Waals surface area contributed by atoms with E-state index in [4.69, 9.17) is 16.6 Å². The van der Waals surface area contributed by atoms with Crippen molar-refractivity contribution in [3.63, 3.8) is 0 Å². The highest BCUT2D eigenvalue weighted by Crippen LogP contribution is 2.28. The van der Waals surface area contributed by atoms with Gasteiger partial charge in [-0.1, -0.05) is 23.7 Å². The van der Waals surface area contributed by atoms with Gasteiger partial charge in [-0.3, -0.25) is 0 Å². The molecule has 23 heavy (non-hydrogen) atoms. The molecule has 1 aromatic heterocycles. The Morgan fingerprint density at radius 1 is 1.13 bits per heavy atom. The van der Waals surface area contributed by atoms with Gasteiger partial charge in [0.2, 0.25) is 0 Å². The van der Waals surface area contributed by atoms with E-state index in [0.717, 1.165) is 41.6 Å². The lowest BCUT2D eigenvalue weighted by molar-refractivity contribution is 0.341. The summed E-state index contributed by atoms with van der Waals surface area (Å²) in [5.41, 5.74) is 3.39. The van der Waals surface area contributed by atoms with Crippen LogP contribution in [0.2, 0.25) is 5.02 Å². The van der Waals surface area contributed by atoms with E-state index < -0.39 is 0 Å². The molecule has 118 valence electrons. The van der Waals surface area contributed by atoms with Gasteiger partial charge in [0, 0.05) is 17.1 Å². The van der Waals surface area contributed by atoms with Crippen molar-refractivity contribution in [3.05, 3.63) is 53.6 Å². The van der Waals surface area contributed by atoms with E-state index in [0.29, 0.717) is 5.92 Å². The van der Waals surface area contributed by atoms with E-state index in [-0.39, 0.29) is 0 Å². The Morgan fingerprint density at radius 3 is 2.74 bits per heavy atom. The predicted molar refractivity (Wildman–Crippen MR) is 95.8 cm³/mol. The first kappa shape index (κ1) is 14.7. The molecule has 1 saturated heterocycles. The molecule has 3 aromatic rings. The molecule has 2 aromatic carbocycles. The summed E-state index contributed by atoms with van der Waals surface area (Å²) in [5, 5.41) is 4.27. The first-order valence-corrected chi connectivity index (χ1v) is 8.61. The van der Waals surface area contributed by atoms with Crippen molar-refractivity contribution in [3.8, 4) is 11.4 Å². The van der Waals surface area contributed by atoms with E-state index in [9.17, 15) is 0 Å². The van der Waals surface area contributed by atoms with Gasteiger partial charge in [0.05, 0.1) is 11.0 Å². The van der Waals surface area contributed by atoms with E-state index in [2.05, 4.69) is 40.2 Å². The van der Waals surface area contributed by atoms with Crippen LogP contribution in [0.25, 0.3) is 22.4 Å². The minimum Gasteiger partial charge on any atom is -0.324 e. The van der Waals surface area contributed by atoms with Crippen molar-refractivity contribution in [2.75, 3.05) is 13.1 Å². The van der Waals surface area contributed by atoms with Crippen LogP contribution in [0.15, 0.2) is 48.5 Å². The lowest BCUT2D eigenvalue weighted by Crippen LogP contribution is -2.32. The molecule has 1 atom stereocenters. The number of nitrogens with zero attached hydrogens (tertiary/aromatic N) is 2. The third-order valence-electron chi connectivity index (χ3n) is 4.60. The summed E-state index contributed by atoms with van der Waals surface area (Å²) in [7, 11) is 0. The van der Waals surface area contributed by atoms with Crippen LogP contribution >= 0.6 is 11.6 Å². The van der Waals surface area contributed by atoms with Crippen molar-refractivity contribution < 1.29 is 0 Å². The van der Waals surface area contributed by atoms with Gasteiger partial charge in [-0.2, -0.15) is 0 Å². The lowest BCUT2D eigenvalue weighted by Gasteiger charge is -2.24. The highest BCUT2D eigenvalue weighted by atomic mass is 35.5. The summed E-state index contributed by atoms with van der Waals surface area (Å²) < 4.78 is 2.37.